The fraction of sp³-hybridized carbons (Fsp3) is 0.0588. The molecule has 4 heteroatoms. The first-order valence-electron chi connectivity index (χ1n) is 6.67. The zero-order valence-corrected chi connectivity index (χ0v) is 11.6. The van der Waals surface area contributed by atoms with E-state index in [1.807, 2.05) is 43.3 Å². The van der Waals surface area contributed by atoms with Gasteiger partial charge in [-0.25, -0.2) is 0 Å². The molecule has 0 aliphatic carbocycles. The third-order valence-corrected chi connectivity index (χ3v) is 3.44. The third-order valence-electron chi connectivity index (χ3n) is 3.44. The highest BCUT2D eigenvalue weighted by molar-refractivity contribution is 6.13. The number of nitrogen functional groups attached to an aromatic ring is 1. The van der Waals surface area contributed by atoms with E-state index >= 15 is 0 Å². The van der Waals surface area contributed by atoms with Crippen LogP contribution >= 0.6 is 0 Å². The largest absolute Gasteiger partial charge is 0.397 e. The van der Waals surface area contributed by atoms with E-state index in [1.54, 1.807) is 18.3 Å². The Labute approximate surface area is 122 Å². The maximum Gasteiger partial charge on any atom is 0.256 e. The molecule has 2 aromatic carbocycles. The number of aromatic nitrogens is 1. The molecule has 3 N–H and O–H groups in total. The van der Waals surface area contributed by atoms with Gasteiger partial charge in [0.15, 0.2) is 0 Å². The number of anilines is 2. The summed E-state index contributed by atoms with van der Waals surface area (Å²) in [6.45, 7) is 1.91. The van der Waals surface area contributed by atoms with Gasteiger partial charge in [0.05, 0.1) is 22.5 Å². The molecule has 3 aromatic rings. The Hall–Kier alpha value is -2.88. The number of fused-ring (bicyclic) bond motifs is 1. The summed E-state index contributed by atoms with van der Waals surface area (Å²) in [7, 11) is 0. The highest BCUT2D eigenvalue weighted by Gasteiger charge is 2.13. The second kappa shape index (κ2) is 5.25. The average Bonchev–Trinajstić information content (AvgIpc) is 2.50. The summed E-state index contributed by atoms with van der Waals surface area (Å²) in [5.74, 6) is -0.186. The van der Waals surface area contributed by atoms with Gasteiger partial charge in [-0.15, -0.1) is 0 Å². The number of carbonyl (C=O) groups excluding carboxylic acids is 1. The highest BCUT2D eigenvalue weighted by atomic mass is 16.1. The maximum absolute atomic E-state index is 12.5. The number of hydrogen-bond donors (Lipinski definition) is 2. The van der Waals surface area contributed by atoms with Crippen LogP contribution in [0.25, 0.3) is 10.9 Å². The minimum atomic E-state index is -0.186. The smallest absolute Gasteiger partial charge is 0.256 e. The van der Waals surface area contributed by atoms with E-state index in [0.717, 1.165) is 16.5 Å². The Bertz CT molecular complexity index is 802. The van der Waals surface area contributed by atoms with Crippen molar-refractivity contribution >= 4 is 28.2 Å². The van der Waals surface area contributed by atoms with Gasteiger partial charge in [0, 0.05) is 11.6 Å². The molecule has 4 nitrogen and oxygen atoms in total. The van der Waals surface area contributed by atoms with Crippen LogP contribution in [0.15, 0.2) is 54.7 Å². The quantitative estimate of drug-likeness (QED) is 0.706. The fourth-order valence-electron chi connectivity index (χ4n) is 2.34. The number of rotatable bonds is 2. The number of amides is 1. The molecule has 0 radical (unpaired) electrons. The maximum atomic E-state index is 12.5. The lowest BCUT2D eigenvalue weighted by Gasteiger charge is -2.12. The molecule has 1 amide bonds. The van der Waals surface area contributed by atoms with Crippen molar-refractivity contribution in [3.63, 3.8) is 0 Å². The summed E-state index contributed by atoms with van der Waals surface area (Å²) >= 11 is 0. The lowest BCUT2D eigenvalue weighted by Crippen LogP contribution is -2.14. The standard InChI is InChI=1S/C17H15N3O/c1-11-5-4-7-14(18)16(11)20-17(21)13-9-10-19-15-8-3-2-6-12(13)15/h2-10H,18H2,1H3,(H,20,21). The van der Waals surface area contributed by atoms with Gasteiger partial charge in [-0.3, -0.25) is 9.78 Å². The molecule has 0 bridgehead atoms. The first-order chi connectivity index (χ1) is 10.2. The van der Waals surface area contributed by atoms with Crippen LogP contribution in [-0.2, 0) is 0 Å². The van der Waals surface area contributed by atoms with Crippen molar-refractivity contribution in [1.29, 1.82) is 0 Å². The van der Waals surface area contributed by atoms with Gasteiger partial charge in [0.25, 0.3) is 5.91 Å². The monoisotopic (exact) mass is 277 g/mol. The molecule has 0 aliphatic rings. The number of pyridine rings is 1. The third kappa shape index (κ3) is 2.43. The van der Waals surface area contributed by atoms with Crippen molar-refractivity contribution in [3.05, 3.63) is 65.9 Å². The van der Waals surface area contributed by atoms with Crippen molar-refractivity contribution in [1.82, 2.24) is 4.98 Å². The van der Waals surface area contributed by atoms with Crippen LogP contribution in [0.3, 0.4) is 0 Å². The van der Waals surface area contributed by atoms with Gasteiger partial charge < -0.3 is 11.1 Å². The number of nitrogens with one attached hydrogen (secondary N) is 1. The van der Waals surface area contributed by atoms with Gasteiger partial charge in [0.2, 0.25) is 0 Å². The van der Waals surface area contributed by atoms with Crippen LogP contribution < -0.4 is 11.1 Å². The zero-order chi connectivity index (χ0) is 14.8. The molecule has 0 spiro atoms. The van der Waals surface area contributed by atoms with Gasteiger partial charge in [-0.2, -0.15) is 0 Å². The predicted octanol–water partition coefficient (Wildman–Crippen LogP) is 3.38. The van der Waals surface area contributed by atoms with E-state index in [0.29, 0.717) is 16.9 Å². The Balaban J connectivity index is 2.02. The van der Waals surface area contributed by atoms with Crippen LogP contribution in [0.5, 0.6) is 0 Å². The molecule has 21 heavy (non-hydrogen) atoms. The van der Waals surface area contributed by atoms with Gasteiger partial charge in [0.1, 0.15) is 0 Å². The predicted molar refractivity (Wildman–Crippen MR) is 85.3 cm³/mol. The number of aryl methyl sites for hydroxylation is 1. The number of nitrogens with two attached hydrogens (primary N) is 1. The van der Waals surface area contributed by atoms with E-state index in [4.69, 9.17) is 5.73 Å². The first kappa shape index (κ1) is 13.1. The van der Waals surface area contributed by atoms with Gasteiger partial charge >= 0.3 is 0 Å². The molecular weight excluding hydrogens is 262 g/mol. The van der Waals surface area contributed by atoms with Gasteiger partial charge in [-0.1, -0.05) is 30.3 Å². The zero-order valence-electron chi connectivity index (χ0n) is 11.6. The number of carbonyl (C=O) groups is 1. The number of nitrogens with zero attached hydrogens (tertiary/aromatic N) is 1. The molecular formula is C17H15N3O. The summed E-state index contributed by atoms with van der Waals surface area (Å²) in [5.41, 5.74) is 9.46. The lowest BCUT2D eigenvalue weighted by molar-refractivity contribution is 0.102. The Morgan fingerprint density at radius 3 is 2.71 bits per heavy atom. The minimum absolute atomic E-state index is 0.186. The topological polar surface area (TPSA) is 68.0 Å². The normalized spacial score (nSPS) is 10.5. The van der Waals surface area contributed by atoms with Crippen molar-refractivity contribution in [2.24, 2.45) is 0 Å². The molecule has 3 rings (SSSR count). The Morgan fingerprint density at radius 2 is 1.90 bits per heavy atom. The highest BCUT2D eigenvalue weighted by Crippen LogP contribution is 2.24. The Kier molecular flexibility index (Phi) is 3.28. The molecule has 0 saturated heterocycles. The van der Waals surface area contributed by atoms with E-state index in [2.05, 4.69) is 10.3 Å². The van der Waals surface area contributed by atoms with Crippen LogP contribution in [0.1, 0.15) is 15.9 Å². The van der Waals surface area contributed by atoms with Crippen molar-refractivity contribution in [2.75, 3.05) is 11.1 Å². The van der Waals surface area contributed by atoms with Crippen molar-refractivity contribution in [3.8, 4) is 0 Å². The molecule has 0 aliphatic heterocycles. The molecule has 1 aromatic heterocycles. The van der Waals surface area contributed by atoms with Crippen LogP contribution in [0, 0.1) is 6.92 Å². The Morgan fingerprint density at radius 1 is 1.10 bits per heavy atom. The second-order valence-electron chi connectivity index (χ2n) is 4.87. The van der Waals surface area contributed by atoms with Crippen molar-refractivity contribution in [2.45, 2.75) is 6.92 Å². The summed E-state index contributed by atoms with van der Waals surface area (Å²) in [5, 5.41) is 3.72. The second-order valence-corrected chi connectivity index (χ2v) is 4.87. The summed E-state index contributed by atoms with van der Waals surface area (Å²) < 4.78 is 0. The molecule has 0 saturated carbocycles. The lowest BCUT2D eigenvalue weighted by atomic mass is 10.1. The van der Waals surface area contributed by atoms with Crippen LogP contribution in [-0.4, -0.2) is 10.9 Å². The van der Waals surface area contributed by atoms with E-state index in [9.17, 15) is 4.79 Å². The van der Waals surface area contributed by atoms with E-state index < -0.39 is 0 Å². The molecule has 104 valence electrons. The average molecular weight is 277 g/mol. The summed E-state index contributed by atoms with van der Waals surface area (Å²) in [6.07, 6.45) is 1.64. The first-order valence-corrected chi connectivity index (χ1v) is 6.67. The number of hydrogen-bond acceptors (Lipinski definition) is 3. The molecule has 1 heterocycles. The molecule has 0 fully saturated rings. The number of benzene rings is 2. The van der Waals surface area contributed by atoms with Crippen molar-refractivity contribution < 1.29 is 4.79 Å². The SMILES string of the molecule is Cc1cccc(N)c1NC(=O)c1ccnc2ccccc12. The molecule has 0 atom stereocenters. The minimum Gasteiger partial charge on any atom is -0.397 e. The number of para-hydroxylation sites is 2. The summed E-state index contributed by atoms with van der Waals surface area (Å²) in [6, 6.07) is 14.8. The van der Waals surface area contributed by atoms with E-state index in [1.165, 1.54) is 0 Å². The van der Waals surface area contributed by atoms with Crippen LogP contribution in [0.2, 0.25) is 0 Å². The summed E-state index contributed by atoms with van der Waals surface area (Å²) in [4.78, 5) is 16.8. The van der Waals surface area contributed by atoms with E-state index in [-0.39, 0.29) is 5.91 Å². The fourth-order valence-corrected chi connectivity index (χ4v) is 2.34. The van der Waals surface area contributed by atoms with Crippen LogP contribution in [0.4, 0.5) is 11.4 Å². The van der Waals surface area contributed by atoms with Gasteiger partial charge in [-0.05, 0) is 30.7 Å². The molecule has 0 unspecified atom stereocenters.